The maximum Gasteiger partial charge on any atom is 0.244 e. The normalized spacial score (nSPS) is 9.56. The monoisotopic (exact) mass is 267 g/mol. The summed E-state index contributed by atoms with van der Waals surface area (Å²) in [6.45, 7) is 0. The average Bonchev–Trinajstić information content (AvgIpc) is 2.13. The Morgan fingerprint density at radius 1 is 1.56 bits per heavy atom. The lowest BCUT2D eigenvalue weighted by Gasteiger charge is -1.74. The molecule has 0 saturated carbocycles. The molecule has 0 spiro atoms. The van der Waals surface area contributed by atoms with Crippen molar-refractivity contribution >= 4 is 49.5 Å². The molecule has 47 valence electrons. The van der Waals surface area contributed by atoms with E-state index in [4.69, 9.17) is 0 Å². The van der Waals surface area contributed by atoms with Crippen molar-refractivity contribution in [3.8, 4) is 0 Å². The molecular weight excluding hydrogens is 268 g/mol. The third-order valence-electron chi connectivity index (χ3n) is 0.746. The van der Waals surface area contributed by atoms with Gasteiger partial charge in [-0.2, -0.15) is 0 Å². The van der Waals surface area contributed by atoms with Gasteiger partial charge in [-0.25, -0.2) is 0 Å². The van der Waals surface area contributed by atoms with E-state index < -0.39 is 0 Å². The van der Waals surface area contributed by atoms with Gasteiger partial charge >= 0.3 is 0 Å². The summed E-state index contributed by atoms with van der Waals surface area (Å²) in [4.78, 5) is 10.6. The maximum atomic E-state index is 10.0. The van der Waals surface area contributed by atoms with E-state index in [1.54, 1.807) is 12.4 Å². The van der Waals surface area contributed by atoms with Crippen molar-refractivity contribution in [3.05, 3.63) is 19.2 Å². The standard InChI is InChI=1S/C5HBr2OS/c6-4-1-3(2-8)9-5(4)7/h1H. The third kappa shape index (κ3) is 1.63. The highest BCUT2D eigenvalue weighted by Crippen LogP contribution is 2.31. The van der Waals surface area contributed by atoms with E-state index in [9.17, 15) is 4.79 Å². The Morgan fingerprint density at radius 3 is 2.44 bits per heavy atom. The van der Waals surface area contributed by atoms with Crippen LogP contribution in [0.3, 0.4) is 0 Å². The summed E-state index contributed by atoms with van der Waals surface area (Å²) in [5.74, 6) is 0. The van der Waals surface area contributed by atoms with Gasteiger partial charge in [-0.05, 0) is 37.9 Å². The van der Waals surface area contributed by atoms with E-state index in [1.807, 2.05) is 0 Å². The summed E-state index contributed by atoms with van der Waals surface area (Å²) >= 11 is 7.85. The topological polar surface area (TPSA) is 17.1 Å². The molecule has 0 aliphatic carbocycles. The zero-order valence-corrected chi connectivity index (χ0v) is 8.14. The van der Waals surface area contributed by atoms with Crippen LogP contribution in [0.15, 0.2) is 14.3 Å². The van der Waals surface area contributed by atoms with Gasteiger partial charge in [0.2, 0.25) is 6.29 Å². The highest BCUT2D eigenvalue weighted by atomic mass is 79.9. The molecule has 1 aromatic heterocycles. The number of rotatable bonds is 1. The summed E-state index contributed by atoms with van der Waals surface area (Å²) in [5, 5.41) is 0. The predicted octanol–water partition coefficient (Wildman–Crippen LogP) is 2.73. The van der Waals surface area contributed by atoms with E-state index in [-0.39, 0.29) is 0 Å². The van der Waals surface area contributed by atoms with Crippen LogP contribution < -0.4 is 0 Å². The lowest BCUT2D eigenvalue weighted by molar-refractivity contribution is 0.563. The van der Waals surface area contributed by atoms with Crippen LogP contribution in [-0.4, -0.2) is 6.29 Å². The van der Waals surface area contributed by atoms with Crippen LogP contribution in [-0.2, 0) is 4.79 Å². The van der Waals surface area contributed by atoms with Gasteiger partial charge in [-0.1, -0.05) is 0 Å². The second-order valence-corrected chi connectivity index (χ2v) is 4.56. The van der Waals surface area contributed by atoms with E-state index in [2.05, 4.69) is 31.9 Å². The smallest absolute Gasteiger partial charge is 0.244 e. The van der Waals surface area contributed by atoms with Crippen LogP contribution in [0.1, 0.15) is 4.88 Å². The third-order valence-corrected chi connectivity index (χ3v) is 3.90. The molecule has 0 unspecified atom stereocenters. The largest absolute Gasteiger partial charge is 0.284 e. The minimum absolute atomic E-state index is 0.605. The molecule has 9 heavy (non-hydrogen) atoms. The molecule has 0 saturated heterocycles. The van der Waals surface area contributed by atoms with Crippen molar-refractivity contribution in [1.29, 1.82) is 0 Å². The second-order valence-electron chi connectivity index (χ2n) is 1.33. The van der Waals surface area contributed by atoms with E-state index in [1.165, 1.54) is 11.3 Å². The number of hydrogen-bond donors (Lipinski definition) is 0. The minimum atomic E-state index is 0.605. The van der Waals surface area contributed by atoms with Gasteiger partial charge in [0.15, 0.2) is 0 Å². The van der Waals surface area contributed by atoms with Crippen LogP contribution in [0.25, 0.3) is 0 Å². The Hall–Kier alpha value is 0.330. The van der Waals surface area contributed by atoms with Crippen molar-refractivity contribution in [2.24, 2.45) is 0 Å². The SMILES string of the molecule is O=[C]c1cc(Br)c(Br)s1. The molecule has 1 aromatic rings. The van der Waals surface area contributed by atoms with Gasteiger partial charge in [0, 0.05) is 4.47 Å². The van der Waals surface area contributed by atoms with E-state index in [0.717, 1.165) is 8.26 Å². The van der Waals surface area contributed by atoms with Gasteiger partial charge < -0.3 is 0 Å². The van der Waals surface area contributed by atoms with Gasteiger partial charge in [0.1, 0.15) is 0 Å². The lowest BCUT2D eigenvalue weighted by Crippen LogP contribution is -1.63. The molecule has 0 N–H and O–H groups in total. The molecular formula is C5HBr2OS. The van der Waals surface area contributed by atoms with Gasteiger partial charge in [0.05, 0.1) is 8.66 Å². The van der Waals surface area contributed by atoms with Gasteiger partial charge in [-0.3, -0.25) is 4.79 Å². The van der Waals surface area contributed by atoms with Crippen LogP contribution in [0, 0.1) is 0 Å². The lowest BCUT2D eigenvalue weighted by atomic mass is 10.5. The first-order valence-electron chi connectivity index (χ1n) is 2.07. The van der Waals surface area contributed by atoms with Crippen molar-refractivity contribution < 1.29 is 4.79 Å². The fourth-order valence-electron chi connectivity index (χ4n) is 0.397. The summed E-state index contributed by atoms with van der Waals surface area (Å²) in [5.41, 5.74) is 0. The van der Waals surface area contributed by atoms with Gasteiger partial charge in [-0.15, -0.1) is 11.3 Å². The van der Waals surface area contributed by atoms with Crippen molar-refractivity contribution in [2.75, 3.05) is 0 Å². The maximum absolute atomic E-state index is 10.0. The molecule has 0 bridgehead atoms. The van der Waals surface area contributed by atoms with Crippen LogP contribution in [0.5, 0.6) is 0 Å². The molecule has 0 aliphatic heterocycles. The molecule has 0 atom stereocenters. The molecule has 0 aromatic carbocycles. The highest BCUT2D eigenvalue weighted by molar-refractivity contribution is 9.13. The number of carbonyl (C=O) groups excluding carboxylic acids is 1. The van der Waals surface area contributed by atoms with Crippen LogP contribution >= 0.6 is 43.2 Å². The summed E-state index contributed by atoms with van der Waals surface area (Å²) in [6, 6.07) is 1.72. The highest BCUT2D eigenvalue weighted by Gasteiger charge is 2.01. The fourth-order valence-corrected chi connectivity index (χ4v) is 2.23. The Labute approximate surface area is 73.3 Å². The first-order valence-corrected chi connectivity index (χ1v) is 4.47. The minimum Gasteiger partial charge on any atom is -0.284 e. The molecule has 1 rings (SSSR count). The van der Waals surface area contributed by atoms with Crippen LogP contribution in [0.2, 0.25) is 0 Å². The Bertz CT molecular complexity index is 211. The van der Waals surface area contributed by atoms with E-state index >= 15 is 0 Å². The Balaban J connectivity index is 3.11. The van der Waals surface area contributed by atoms with Gasteiger partial charge in [0.25, 0.3) is 0 Å². The number of thiophene rings is 1. The van der Waals surface area contributed by atoms with E-state index in [0.29, 0.717) is 4.88 Å². The molecule has 1 nitrogen and oxygen atoms in total. The quantitative estimate of drug-likeness (QED) is 0.766. The first kappa shape index (κ1) is 7.44. The molecule has 1 heterocycles. The summed E-state index contributed by atoms with van der Waals surface area (Å²) in [6.07, 6.45) is 1.80. The molecule has 0 aliphatic rings. The average molecular weight is 269 g/mol. The first-order chi connectivity index (χ1) is 4.24. The molecule has 0 amide bonds. The number of halogens is 2. The summed E-state index contributed by atoms with van der Waals surface area (Å²) < 4.78 is 1.84. The zero-order valence-electron chi connectivity index (χ0n) is 4.15. The number of hydrogen-bond acceptors (Lipinski definition) is 2. The second kappa shape index (κ2) is 2.94. The van der Waals surface area contributed by atoms with Crippen molar-refractivity contribution in [1.82, 2.24) is 0 Å². The summed E-state index contributed by atoms with van der Waals surface area (Å²) in [7, 11) is 0. The Kier molecular flexibility index (Phi) is 2.43. The fraction of sp³-hybridized carbons (Fsp3) is 0. The molecule has 4 heteroatoms. The molecule has 0 fully saturated rings. The van der Waals surface area contributed by atoms with Crippen LogP contribution in [0.4, 0.5) is 0 Å². The van der Waals surface area contributed by atoms with Crippen molar-refractivity contribution in [2.45, 2.75) is 0 Å². The predicted molar refractivity (Wildman–Crippen MR) is 44.5 cm³/mol. The Morgan fingerprint density at radius 2 is 2.22 bits per heavy atom. The zero-order chi connectivity index (χ0) is 6.85. The molecule has 1 radical (unpaired) electrons. The van der Waals surface area contributed by atoms with Crippen molar-refractivity contribution in [3.63, 3.8) is 0 Å².